The third kappa shape index (κ3) is 4.22. The molecule has 0 saturated carbocycles. The fraction of sp³-hybridized carbons (Fsp3) is 0.444. The zero-order valence-electron chi connectivity index (χ0n) is 14.6. The molecule has 0 bridgehead atoms. The summed E-state index contributed by atoms with van der Waals surface area (Å²) in [5.74, 6) is 0.238. The van der Waals surface area contributed by atoms with Crippen LogP contribution in [0.4, 0.5) is 5.82 Å². The second-order valence-electron chi connectivity index (χ2n) is 6.14. The third-order valence-electron chi connectivity index (χ3n) is 4.46. The number of carbonyl (C=O) groups excluding carboxylic acids is 2. The van der Waals surface area contributed by atoms with Crippen molar-refractivity contribution in [1.82, 2.24) is 15.3 Å². The maximum absolute atomic E-state index is 12.2. The number of carbonyl (C=O) groups is 2. The van der Waals surface area contributed by atoms with Gasteiger partial charge in [0.15, 0.2) is 0 Å². The molecule has 8 heteroatoms. The Morgan fingerprint density at radius 2 is 2.08 bits per heavy atom. The number of ether oxygens (including phenoxy) is 1. The third-order valence-corrected chi connectivity index (χ3v) is 4.69. The number of fused-ring (bicyclic) bond motifs is 1. The molecular weight excluding hydrogens is 356 g/mol. The number of piperidine rings is 1. The lowest BCUT2D eigenvalue weighted by atomic mass is 9.95. The first-order valence-corrected chi connectivity index (χ1v) is 9.05. The quantitative estimate of drug-likeness (QED) is 0.805. The predicted molar refractivity (Wildman–Crippen MR) is 99.1 cm³/mol. The van der Waals surface area contributed by atoms with E-state index in [0.717, 1.165) is 16.7 Å². The van der Waals surface area contributed by atoms with E-state index in [0.29, 0.717) is 37.6 Å². The Morgan fingerprint density at radius 1 is 1.31 bits per heavy atom. The van der Waals surface area contributed by atoms with Gasteiger partial charge >= 0.3 is 5.97 Å². The van der Waals surface area contributed by atoms with Crippen LogP contribution in [-0.4, -0.2) is 48.1 Å². The van der Waals surface area contributed by atoms with Crippen molar-refractivity contribution in [2.45, 2.75) is 19.8 Å². The van der Waals surface area contributed by atoms with E-state index < -0.39 is 5.97 Å². The Kier molecular flexibility index (Phi) is 5.88. The molecule has 1 aromatic carbocycles. The van der Waals surface area contributed by atoms with Gasteiger partial charge in [0.1, 0.15) is 18.7 Å². The molecule has 2 aromatic rings. The lowest BCUT2D eigenvalue weighted by Gasteiger charge is -2.32. The molecule has 26 heavy (non-hydrogen) atoms. The summed E-state index contributed by atoms with van der Waals surface area (Å²) >= 11 is 6.03. The van der Waals surface area contributed by atoms with Crippen LogP contribution < -0.4 is 10.2 Å². The Hall–Kier alpha value is -2.41. The number of rotatable bonds is 5. The maximum atomic E-state index is 12.2. The summed E-state index contributed by atoms with van der Waals surface area (Å²) in [5, 5.41) is 4.24. The van der Waals surface area contributed by atoms with E-state index >= 15 is 0 Å². The number of aromatic nitrogens is 2. The van der Waals surface area contributed by atoms with Gasteiger partial charge in [-0.05, 0) is 38.0 Å². The van der Waals surface area contributed by atoms with Gasteiger partial charge in [0.05, 0.1) is 12.1 Å². The fourth-order valence-corrected chi connectivity index (χ4v) is 3.30. The number of anilines is 1. The highest BCUT2D eigenvalue weighted by molar-refractivity contribution is 6.31. The highest BCUT2D eigenvalue weighted by atomic mass is 35.5. The van der Waals surface area contributed by atoms with Crippen LogP contribution in [-0.2, 0) is 14.3 Å². The summed E-state index contributed by atoms with van der Waals surface area (Å²) in [6, 6.07) is 5.56. The zero-order chi connectivity index (χ0) is 18.5. The van der Waals surface area contributed by atoms with E-state index in [1.54, 1.807) is 6.92 Å². The lowest BCUT2D eigenvalue weighted by Crippen LogP contribution is -2.42. The van der Waals surface area contributed by atoms with Crippen molar-refractivity contribution in [3.63, 3.8) is 0 Å². The number of nitrogens with zero attached hydrogens (tertiary/aromatic N) is 3. The summed E-state index contributed by atoms with van der Waals surface area (Å²) < 4.78 is 4.82. The van der Waals surface area contributed by atoms with Gasteiger partial charge in [-0.15, -0.1) is 0 Å². The Bertz CT molecular complexity index is 806. The standard InChI is InChI=1S/C18H21ClN4O3/c1-2-26-16(24)10-20-18(25)12-5-7-23(8-6-12)17-14-4-3-13(19)9-15(14)21-11-22-17/h3-4,9,11-12H,2,5-8,10H2,1H3,(H,20,25). The molecule has 0 unspecified atom stereocenters. The molecule has 1 amide bonds. The second kappa shape index (κ2) is 8.31. The average molecular weight is 377 g/mol. The summed E-state index contributed by atoms with van der Waals surface area (Å²) in [4.78, 5) is 34.4. The smallest absolute Gasteiger partial charge is 0.325 e. The predicted octanol–water partition coefficient (Wildman–Crippen LogP) is 2.18. The van der Waals surface area contributed by atoms with Crippen LogP contribution in [0.25, 0.3) is 10.9 Å². The van der Waals surface area contributed by atoms with E-state index in [-0.39, 0.29) is 18.4 Å². The van der Waals surface area contributed by atoms with Crippen molar-refractivity contribution >= 4 is 40.2 Å². The highest BCUT2D eigenvalue weighted by Crippen LogP contribution is 2.28. The number of hydrogen-bond acceptors (Lipinski definition) is 6. The normalized spacial score (nSPS) is 15.1. The Morgan fingerprint density at radius 3 is 2.81 bits per heavy atom. The average Bonchev–Trinajstić information content (AvgIpc) is 2.66. The number of esters is 1. The van der Waals surface area contributed by atoms with Gasteiger partial charge in [-0.2, -0.15) is 0 Å². The molecule has 138 valence electrons. The lowest BCUT2D eigenvalue weighted by molar-refractivity contribution is -0.143. The van der Waals surface area contributed by atoms with Crippen LogP contribution in [0.2, 0.25) is 5.02 Å². The number of amides is 1. The molecule has 1 fully saturated rings. The number of benzene rings is 1. The molecule has 3 rings (SSSR count). The summed E-state index contributed by atoms with van der Waals surface area (Å²) in [6.45, 7) is 3.40. The van der Waals surface area contributed by atoms with Gasteiger partial charge in [-0.3, -0.25) is 9.59 Å². The Labute approximate surface area is 156 Å². The van der Waals surface area contributed by atoms with Crippen molar-refractivity contribution in [3.8, 4) is 0 Å². The minimum atomic E-state index is -0.413. The summed E-state index contributed by atoms with van der Waals surface area (Å²) in [6.07, 6.45) is 2.94. The topological polar surface area (TPSA) is 84.4 Å². The number of hydrogen-bond donors (Lipinski definition) is 1. The minimum absolute atomic E-state index is 0.0792. The number of nitrogens with one attached hydrogen (secondary N) is 1. The van der Waals surface area contributed by atoms with Crippen molar-refractivity contribution in [2.24, 2.45) is 5.92 Å². The highest BCUT2D eigenvalue weighted by Gasteiger charge is 2.26. The van der Waals surface area contributed by atoms with E-state index in [9.17, 15) is 9.59 Å². The largest absolute Gasteiger partial charge is 0.465 e. The molecule has 1 aliphatic heterocycles. The van der Waals surface area contributed by atoms with E-state index in [4.69, 9.17) is 16.3 Å². The zero-order valence-corrected chi connectivity index (χ0v) is 15.3. The first-order chi connectivity index (χ1) is 12.6. The van der Waals surface area contributed by atoms with E-state index in [1.807, 2.05) is 18.2 Å². The van der Waals surface area contributed by atoms with Crippen LogP contribution in [0.1, 0.15) is 19.8 Å². The molecule has 7 nitrogen and oxygen atoms in total. The van der Waals surface area contributed by atoms with Crippen molar-refractivity contribution in [3.05, 3.63) is 29.5 Å². The van der Waals surface area contributed by atoms with Crippen LogP contribution in [0.15, 0.2) is 24.5 Å². The first-order valence-electron chi connectivity index (χ1n) is 8.67. The van der Waals surface area contributed by atoms with Gasteiger partial charge in [0.2, 0.25) is 5.91 Å². The number of halogens is 1. The molecule has 1 aromatic heterocycles. The van der Waals surface area contributed by atoms with E-state index in [2.05, 4.69) is 20.2 Å². The Balaban J connectivity index is 1.60. The first kappa shape index (κ1) is 18.4. The molecule has 2 heterocycles. The molecule has 1 aliphatic rings. The SMILES string of the molecule is CCOC(=O)CNC(=O)C1CCN(c2ncnc3cc(Cl)ccc23)CC1. The summed E-state index contributed by atoms with van der Waals surface area (Å²) in [7, 11) is 0. The van der Waals surface area contributed by atoms with Gasteiger partial charge in [0, 0.05) is 29.4 Å². The molecule has 0 aliphatic carbocycles. The van der Waals surface area contributed by atoms with Crippen LogP contribution in [0.5, 0.6) is 0 Å². The van der Waals surface area contributed by atoms with Gasteiger partial charge < -0.3 is 15.0 Å². The monoisotopic (exact) mass is 376 g/mol. The maximum Gasteiger partial charge on any atom is 0.325 e. The van der Waals surface area contributed by atoms with Gasteiger partial charge in [0.25, 0.3) is 0 Å². The van der Waals surface area contributed by atoms with Gasteiger partial charge in [-0.25, -0.2) is 9.97 Å². The molecule has 1 saturated heterocycles. The van der Waals surface area contributed by atoms with Crippen LogP contribution in [0, 0.1) is 5.92 Å². The molecule has 1 N–H and O–H groups in total. The van der Waals surface area contributed by atoms with E-state index in [1.165, 1.54) is 6.33 Å². The summed E-state index contributed by atoms with van der Waals surface area (Å²) in [5.41, 5.74) is 0.803. The van der Waals surface area contributed by atoms with Crippen molar-refractivity contribution in [2.75, 3.05) is 31.1 Å². The van der Waals surface area contributed by atoms with Crippen molar-refractivity contribution < 1.29 is 14.3 Å². The molecule has 0 spiro atoms. The minimum Gasteiger partial charge on any atom is -0.465 e. The van der Waals surface area contributed by atoms with Crippen molar-refractivity contribution in [1.29, 1.82) is 0 Å². The van der Waals surface area contributed by atoms with Gasteiger partial charge in [-0.1, -0.05) is 11.6 Å². The molecule has 0 radical (unpaired) electrons. The van der Waals surface area contributed by atoms with Crippen LogP contribution >= 0.6 is 11.6 Å². The second-order valence-corrected chi connectivity index (χ2v) is 6.58. The van der Waals surface area contributed by atoms with Crippen LogP contribution in [0.3, 0.4) is 0 Å². The fourth-order valence-electron chi connectivity index (χ4n) is 3.14. The molecular formula is C18H21ClN4O3. The molecule has 0 atom stereocenters.